The zero-order chi connectivity index (χ0) is 14.9. The normalized spacial score (nSPS) is 11.1. The van der Waals surface area contributed by atoms with Gasteiger partial charge in [0.2, 0.25) is 0 Å². The Bertz CT molecular complexity index is 618. The quantitative estimate of drug-likeness (QED) is 0.895. The summed E-state index contributed by atoms with van der Waals surface area (Å²) in [6.45, 7) is 4.33. The molecule has 0 radical (unpaired) electrons. The number of aromatic amines is 1. The smallest absolute Gasteiger partial charge is 0.276 e. The molecular weight excluding hydrogens is 324 g/mol. The first kappa shape index (κ1) is 14.6. The van der Waals surface area contributed by atoms with Gasteiger partial charge in [-0.25, -0.2) is 0 Å². The molecule has 0 fully saturated rings. The van der Waals surface area contributed by atoms with Crippen LogP contribution in [0.5, 0.6) is 0 Å². The van der Waals surface area contributed by atoms with Crippen molar-refractivity contribution < 1.29 is 9.21 Å². The highest BCUT2D eigenvalue weighted by Gasteiger charge is 2.22. The van der Waals surface area contributed by atoms with Gasteiger partial charge in [0.05, 0.1) is 17.9 Å². The number of carbonyl (C=O) groups excluding carboxylic acids is 1. The molecule has 0 spiro atoms. The molecule has 3 N–H and O–H groups in total. The summed E-state index contributed by atoms with van der Waals surface area (Å²) in [5.74, 6) is 0.638. The van der Waals surface area contributed by atoms with E-state index in [9.17, 15) is 4.79 Å². The Morgan fingerprint density at radius 1 is 1.55 bits per heavy atom. The van der Waals surface area contributed by atoms with Crippen LogP contribution in [0.4, 0.5) is 5.69 Å². The van der Waals surface area contributed by atoms with E-state index in [1.807, 2.05) is 13.8 Å². The van der Waals surface area contributed by atoms with E-state index < -0.39 is 0 Å². The fourth-order valence-corrected chi connectivity index (χ4v) is 2.23. The monoisotopic (exact) mass is 340 g/mol. The number of amides is 1. The van der Waals surface area contributed by atoms with Crippen molar-refractivity contribution in [2.45, 2.75) is 26.3 Å². The van der Waals surface area contributed by atoms with Gasteiger partial charge in [0.15, 0.2) is 10.4 Å². The molecule has 2 aromatic heterocycles. The van der Waals surface area contributed by atoms with Gasteiger partial charge in [-0.1, -0.05) is 13.8 Å². The molecule has 2 rings (SSSR count). The van der Waals surface area contributed by atoms with Gasteiger partial charge in [-0.2, -0.15) is 5.10 Å². The van der Waals surface area contributed by atoms with E-state index in [1.54, 1.807) is 19.2 Å². The van der Waals surface area contributed by atoms with Crippen LogP contribution in [0.1, 0.15) is 41.7 Å². The Balaban J connectivity index is 2.14. The number of furan rings is 1. The van der Waals surface area contributed by atoms with Crippen molar-refractivity contribution in [3.05, 3.63) is 34.0 Å². The van der Waals surface area contributed by atoms with Crippen molar-refractivity contribution in [2.24, 2.45) is 0 Å². The number of nitrogens with zero attached hydrogens (tertiary/aromatic N) is 2. The molecule has 0 bridgehead atoms. The number of H-pyrrole nitrogens is 1. The molecule has 0 saturated heterocycles. The molecule has 0 saturated carbocycles. The van der Waals surface area contributed by atoms with Crippen LogP contribution < -0.4 is 5.73 Å². The standard InChI is InChI=1S/C13H17BrN4O2/c1-7(2)11-10(15)12(17-16-11)13(19)18(3)6-8-4-5-9(14)20-8/h4-5,7H,6,15H2,1-3H3,(H,16,17). The second kappa shape index (κ2) is 5.70. The summed E-state index contributed by atoms with van der Waals surface area (Å²) in [7, 11) is 1.68. The molecule has 2 aromatic rings. The van der Waals surface area contributed by atoms with Crippen molar-refractivity contribution in [3.63, 3.8) is 0 Å². The van der Waals surface area contributed by atoms with Crippen molar-refractivity contribution >= 4 is 27.5 Å². The van der Waals surface area contributed by atoms with Crippen molar-refractivity contribution in [2.75, 3.05) is 12.8 Å². The van der Waals surface area contributed by atoms with Gasteiger partial charge in [0.25, 0.3) is 5.91 Å². The largest absolute Gasteiger partial charge is 0.452 e. The SMILES string of the molecule is CC(C)c1[nH]nc(C(=O)N(C)Cc2ccc(Br)o2)c1N. The Morgan fingerprint density at radius 3 is 2.75 bits per heavy atom. The number of rotatable bonds is 4. The van der Waals surface area contributed by atoms with Crippen molar-refractivity contribution in [1.82, 2.24) is 15.1 Å². The Hall–Kier alpha value is -1.76. The van der Waals surface area contributed by atoms with Gasteiger partial charge < -0.3 is 15.1 Å². The number of hydrogen-bond acceptors (Lipinski definition) is 4. The number of nitrogens with one attached hydrogen (secondary N) is 1. The molecular formula is C13H17BrN4O2. The third kappa shape index (κ3) is 2.87. The third-order valence-electron chi connectivity index (χ3n) is 2.98. The minimum atomic E-state index is -0.238. The molecule has 0 aliphatic rings. The molecule has 7 heteroatoms. The van der Waals surface area contributed by atoms with Crippen LogP contribution in [-0.2, 0) is 6.54 Å². The topological polar surface area (TPSA) is 88.2 Å². The molecule has 6 nitrogen and oxygen atoms in total. The van der Waals surface area contributed by atoms with Crippen LogP contribution in [0.3, 0.4) is 0 Å². The fraction of sp³-hybridized carbons (Fsp3) is 0.385. The first-order chi connectivity index (χ1) is 9.40. The number of halogens is 1. The molecule has 0 unspecified atom stereocenters. The van der Waals surface area contributed by atoms with Crippen LogP contribution in [0.2, 0.25) is 0 Å². The summed E-state index contributed by atoms with van der Waals surface area (Å²) >= 11 is 3.23. The summed E-state index contributed by atoms with van der Waals surface area (Å²) in [5.41, 5.74) is 7.41. The average Bonchev–Trinajstić information content (AvgIpc) is 2.94. The molecule has 0 atom stereocenters. The van der Waals surface area contributed by atoms with Crippen LogP contribution in [-0.4, -0.2) is 28.1 Å². The highest BCUT2D eigenvalue weighted by Crippen LogP contribution is 2.23. The molecule has 0 aromatic carbocycles. The zero-order valence-corrected chi connectivity index (χ0v) is 13.2. The minimum Gasteiger partial charge on any atom is -0.452 e. The highest BCUT2D eigenvalue weighted by molar-refractivity contribution is 9.10. The lowest BCUT2D eigenvalue weighted by molar-refractivity contribution is 0.0770. The molecule has 1 amide bonds. The molecule has 0 aliphatic carbocycles. The average molecular weight is 341 g/mol. The van der Waals surface area contributed by atoms with Gasteiger partial charge in [0.1, 0.15) is 5.76 Å². The first-order valence-corrected chi connectivity index (χ1v) is 7.02. The lowest BCUT2D eigenvalue weighted by Crippen LogP contribution is -2.27. The third-order valence-corrected chi connectivity index (χ3v) is 3.41. The van der Waals surface area contributed by atoms with Crippen LogP contribution in [0.15, 0.2) is 21.2 Å². The van der Waals surface area contributed by atoms with E-state index in [1.165, 1.54) is 4.90 Å². The fourth-order valence-electron chi connectivity index (χ4n) is 1.89. The number of hydrogen-bond donors (Lipinski definition) is 2. The molecule has 0 aliphatic heterocycles. The molecule has 2 heterocycles. The summed E-state index contributed by atoms with van der Waals surface area (Å²) in [6.07, 6.45) is 0. The van der Waals surface area contributed by atoms with Crippen LogP contribution >= 0.6 is 15.9 Å². The minimum absolute atomic E-state index is 0.190. The van der Waals surface area contributed by atoms with Gasteiger partial charge in [-0.15, -0.1) is 0 Å². The van der Waals surface area contributed by atoms with Gasteiger partial charge in [0, 0.05) is 7.05 Å². The molecule has 20 heavy (non-hydrogen) atoms. The van der Waals surface area contributed by atoms with Gasteiger partial charge >= 0.3 is 0 Å². The predicted octanol–water partition coefficient (Wildman–Crippen LogP) is 2.74. The van der Waals surface area contributed by atoms with E-state index >= 15 is 0 Å². The highest BCUT2D eigenvalue weighted by atomic mass is 79.9. The number of anilines is 1. The second-order valence-corrected chi connectivity index (χ2v) is 5.70. The zero-order valence-electron chi connectivity index (χ0n) is 11.6. The lowest BCUT2D eigenvalue weighted by atomic mass is 10.1. The Labute approximate surface area is 125 Å². The predicted molar refractivity (Wildman–Crippen MR) is 79.3 cm³/mol. The second-order valence-electron chi connectivity index (χ2n) is 4.92. The maximum Gasteiger partial charge on any atom is 0.276 e. The number of nitrogens with two attached hydrogens (primary N) is 1. The van der Waals surface area contributed by atoms with E-state index in [0.29, 0.717) is 22.7 Å². The van der Waals surface area contributed by atoms with Gasteiger partial charge in [-0.05, 0) is 34.0 Å². The number of nitrogen functional groups attached to an aromatic ring is 1. The Kier molecular flexibility index (Phi) is 4.17. The summed E-state index contributed by atoms with van der Waals surface area (Å²) in [4.78, 5) is 13.8. The summed E-state index contributed by atoms with van der Waals surface area (Å²) < 4.78 is 6.01. The first-order valence-electron chi connectivity index (χ1n) is 6.23. The van der Waals surface area contributed by atoms with E-state index in [0.717, 1.165) is 5.69 Å². The van der Waals surface area contributed by atoms with Crippen LogP contribution in [0.25, 0.3) is 0 Å². The maximum absolute atomic E-state index is 12.3. The summed E-state index contributed by atoms with van der Waals surface area (Å²) in [5, 5.41) is 6.85. The van der Waals surface area contributed by atoms with E-state index in [4.69, 9.17) is 10.2 Å². The van der Waals surface area contributed by atoms with Crippen LogP contribution in [0, 0.1) is 0 Å². The van der Waals surface area contributed by atoms with E-state index in [2.05, 4.69) is 26.1 Å². The maximum atomic E-state index is 12.3. The summed E-state index contributed by atoms with van der Waals surface area (Å²) in [6, 6.07) is 3.59. The Morgan fingerprint density at radius 2 is 2.25 bits per heavy atom. The van der Waals surface area contributed by atoms with Crippen molar-refractivity contribution in [1.29, 1.82) is 0 Å². The van der Waals surface area contributed by atoms with Crippen molar-refractivity contribution in [3.8, 4) is 0 Å². The molecule has 108 valence electrons. The number of aromatic nitrogens is 2. The van der Waals surface area contributed by atoms with E-state index in [-0.39, 0.29) is 17.5 Å². The van der Waals surface area contributed by atoms with Gasteiger partial charge in [-0.3, -0.25) is 9.89 Å². The number of carbonyl (C=O) groups is 1. The lowest BCUT2D eigenvalue weighted by Gasteiger charge is -2.14.